The molecule has 1 fully saturated rings. The molecule has 1 aliphatic heterocycles. The molecule has 2 unspecified atom stereocenters. The summed E-state index contributed by atoms with van der Waals surface area (Å²) < 4.78 is 0. The Bertz CT molecular complexity index is 456. The molecule has 5 heteroatoms. The van der Waals surface area contributed by atoms with Crippen LogP contribution in [0.15, 0.2) is 18.2 Å². The zero-order valence-corrected chi connectivity index (χ0v) is 11.0. The van der Waals surface area contributed by atoms with Crippen LogP contribution in [0.5, 0.6) is 11.5 Å². The Morgan fingerprint density at radius 1 is 1.42 bits per heavy atom. The predicted octanol–water partition coefficient (Wildman–Crippen LogP) is 1.22. The SMILES string of the molecule is CC(NC(=O)c1ccc(O)c(O)c1)C1CCCNC1. The minimum Gasteiger partial charge on any atom is -0.504 e. The molecule has 104 valence electrons. The van der Waals surface area contributed by atoms with Gasteiger partial charge in [0.2, 0.25) is 0 Å². The van der Waals surface area contributed by atoms with Gasteiger partial charge in [-0.2, -0.15) is 0 Å². The minimum absolute atomic E-state index is 0.0799. The molecule has 0 radical (unpaired) electrons. The number of piperidine rings is 1. The highest BCUT2D eigenvalue weighted by Crippen LogP contribution is 2.25. The number of phenols is 2. The molecule has 0 saturated carbocycles. The molecule has 1 saturated heterocycles. The normalized spacial score (nSPS) is 20.8. The molecule has 0 aromatic heterocycles. The van der Waals surface area contributed by atoms with Crippen LogP contribution in [0.3, 0.4) is 0 Å². The smallest absolute Gasteiger partial charge is 0.251 e. The Morgan fingerprint density at radius 3 is 2.84 bits per heavy atom. The van der Waals surface area contributed by atoms with Crippen molar-refractivity contribution in [1.82, 2.24) is 10.6 Å². The van der Waals surface area contributed by atoms with E-state index in [0.717, 1.165) is 25.9 Å². The van der Waals surface area contributed by atoms with Gasteiger partial charge in [0.05, 0.1) is 0 Å². The molecule has 1 heterocycles. The first-order valence-corrected chi connectivity index (χ1v) is 6.61. The lowest BCUT2D eigenvalue weighted by atomic mass is 9.92. The second kappa shape index (κ2) is 5.93. The van der Waals surface area contributed by atoms with Crippen LogP contribution in [0.4, 0.5) is 0 Å². The Balaban J connectivity index is 1.97. The van der Waals surface area contributed by atoms with Crippen LogP contribution in [0.25, 0.3) is 0 Å². The Kier molecular flexibility index (Phi) is 4.27. The van der Waals surface area contributed by atoms with Crippen molar-refractivity contribution >= 4 is 5.91 Å². The van der Waals surface area contributed by atoms with Gasteiger partial charge in [-0.15, -0.1) is 0 Å². The summed E-state index contributed by atoms with van der Waals surface area (Å²) in [4.78, 5) is 12.0. The summed E-state index contributed by atoms with van der Waals surface area (Å²) >= 11 is 0. The third-order valence-corrected chi connectivity index (χ3v) is 3.64. The van der Waals surface area contributed by atoms with E-state index in [4.69, 9.17) is 0 Å². The van der Waals surface area contributed by atoms with Crippen LogP contribution >= 0.6 is 0 Å². The van der Waals surface area contributed by atoms with Crippen molar-refractivity contribution in [2.75, 3.05) is 13.1 Å². The number of nitrogens with one attached hydrogen (secondary N) is 2. The van der Waals surface area contributed by atoms with Crippen molar-refractivity contribution in [3.05, 3.63) is 23.8 Å². The molecule has 0 aliphatic carbocycles. The number of hydrogen-bond acceptors (Lipinski definition) is 4. The van der Waals surface area contributed by atoms with Crippen LogP contribution in [-0.2, 0) is 0 Å². The number of carbonyl (C=O) groups is 1. The van der Waals surface area contributed by atoms with E-state index < -0.39 is 0 Å². The number of aromatic hydroxyl groups is 2. The highest BCUT2D eigenvalue weighted by atomic mass is 16.3. The van der Waals surface area contributed by atoms with Gasteiger partial charge in [-0.3, -0.25) is 4.79 Å². The third-order valence-electron chi connectivity index (χ3n) is 3.64. The van der Waals surface area contributed by atoms with E-state index in [1.54, 1.807) is 0 Å². The number of carbonyl (C=O) groups excluding carboxylic acids is 1. The van der Waals surface area contributed by atoms with Crippen molar-refractivity contribution in [3.63, 3.8) is 0 Å². The van der Waals surface area contributed by atoms with Crippen LogP contribution in [0, 0.1) is 5.92 Å². The fraction of sp³-hybridized carbons (Fsp3) is 0.500. The largest absolute Gasteiger partial charge is 0.504 e. The van der Waals surface area contributed by atoms with E-state index in [2.05, 4.69) is 10.6 Å². The monoisotopic (exact) mass is 264 g/mol. The number of benzene rings is 1. The van der Waals surface area contributed by atoms with Crippen molar-refractivity contribution in [2.45, 2.75) is 25.8 Å². The minimum atomic E-state index is -0.278. The zero-order valence-electron chi connectivity index (χ0n) is 11.0. The number of amides is 1. The first-order valence-electron chi connectivity index (χ1n) is 6.61. The molecular formula is C14H20N2O3. The highest BCUT2D eigenvalue weighted by Gasteiger charge is 2.21. The maximum atomic E-state index is 12.0. The van der Waals surface area contributed by atoms with E-state index in [1.807, 2.05) is 6.92 Å². The molecule has 5 nitrogen and oxygen atoms in total. The predicted molar refractivity (Wildman–Crippen MR) is 72.3 cm³/mol. The van der Waals surface area contributed by atoms with Crippen LogP contribution in [-0.4, -0.2) is 35.3 Å². The van der Waals surface area contributed by atoms with Gasteiger partial charge < -0.3 is 20.8 Å². The van der Waals surface area contributed by atoms with E-state index in [9.17, 15) is 15.0 Å². The lowest BCUT2D eigenvalue weighted by Gasteiger charge is -2.28. The molecule has 1 aromatic carbocycles. The molecule has 19 heavy (non-hydrogen) atoms. The third kappa shape index (κ3) is 3.38. The first-order chi connectivity index (χ1) is 9.08. The molecule has 1 amide bonds. The Morgan fingerprint density at radius 2 is 2.21 bits per heavy atom. The summed E-state index contributed by atoms with van der Waals surface area (Å²) in [6.45, 7) is 3.96. The van der Waals surface area contributed by atoms with Crippen molar-refractivity contribution in [1.29, 1.82) is 0 Å². The molecule has 0 bridgehead atoms. The Hall–Kier alpha value is -1.75. The van der Waals surface area contributed by atoms with Crippen molar-refractivity contribution < 1.29 is 15.0 Å². The van der Waals surface area contributed by atoms with Gasteiger partial charge in [-0.25, -0.2) is 0 Å². The lowest BCUT2D eigenvalue weighted by Crippen LogP contribution is -2.44. The number of hydrogen-bond donors (Lipinski definition) is 4. The average molecular weight is 264 g/mol. The van der Waals surface area contributed by atoms with Crippen LogP contribution < -0.4 is 10.6 Å². The quantitative estimate of drug-likeness (QED) is 0.619. The van der Waals surface area contributed by atoms with Gasteiger partial charge in [0.15, 0.2) is 11.5 Å². The van der Waals surface area contributed by atoms with E-state index in [-0.39, 0.29) is 23.4 Å². The zero-order chi connectivity index (χ0) is 13.8. The number of phenolic OH excluding ortho intramolecular Hbond substituents is 2. The maximum absolute atomic E-state index is 12.0. The van der Waals surface area contributed by atoms with Crippen molar-refractivity contribution in [2.24, 2.45) is 5.92 Å². The number of rotatable bonds is 3. The van der Waals surface area contributed by atoms with Gasteiger partial charge >= 0.3 is 0 Å². The molecular weight excluding hydrogens is 244 g/mol. The Labute approximate surface area is 112 Å². The standard InChI is InChI=1S/C14H20N2O3/c1-9(11-3-2-6-15-8-11)16-14(19)10-4-5-12(17)13(18)7-10/h4-5,7,9,11,15,17-18H,2-3,6,8H2,1H3,(H,16,19). The topological polar surface area (TPSA) is 81.6 Å². The molecule has 1 aliphatic rings. The van der Waals surface area contributed by atoms with Gasteiger partial charge in [-0.05, 0) is 57.0 Å². The first kappa shape index (κ1) is 13.7. The van der Waals surface area contributed by atoms with Crippen molar-refractivity contribution in [3.8, 4) is 11.5 Å². The molecule has 1 aromatic rings. The summed E-state index contributed by atoms with van der Waals surface area (Å²) in [5.74, 6) is -0.294. The summed E-state index contributed by atoms with van der Waals surface area (Å²) in [5, 5.41) is 24.9. The summed E-state index contributed by atoms with van der Waals surface area (Å²) in [6, 6.07) is 4.17. The fourth-order valence-corrected chi connectivity index (χ4v) is 2.38. The molecule has 4 N–H and O–H groups in total. The lowest BCUT2D eigenvalue weighted by molar-refractivity contribution is 0.0921. The second-order valence-electron chi connectivity index (χ2n) is 5.07. The van der Waals surface area contributed by atoms with Gasteiger partial charge in [0.1, 0.15) is 0 Å². The van der Waals surface area contributed by atoms with Gasteiger partial charge in [0, 0.05) is 11.6 Å². The van der Waals surface area contributed by atoms with E-state index >= 15 is 0 Å². The fourth-order valence-electron chi connectivity index (χ4n) is 2.38. The molecule has 2 atom stereocenters. The van der Waals surface area contributed by atoms with E-state index in [1.165, 1.54) is 18.2 Å². The summed E-state index contributed by atoms with van der Waals surface area (Å²) in [6.07, 6.45) is 2.24. The van der Waals surface area contributed by atoms with Gasteiger partial charge in [-0.1, -0.05) is 0 Å². The average Bonchev–Trinajstić information content (AvgIpc) is 2.42. The van der Waals surface area contributed by atoms with Gasteiger partial charge in [0.25, 0.3) is 5.91 Å². The summed E-state index contributed by atoms with van der Waals surface area (Å²) in [7, 11) is 0. The highest BCUT2D eigenvalue weighted by molar-refractivity contribution is 5.95. The summed E-state index contributed by atoms with van der Waals surface area (Å²) in [5.41, 5.74) is 0.353. The molecule has 2 rings (SSSR count). The van der Waals surface area contributed by atoms with Crippen LogP contribution in [0.1, 0.15) is 30.1 Å². The second-order valence-corrected chi connectivity index (χ2v) is 5.07. The maximum Gasteiger partial charge on any atom is 0.251 e. The van der Waals surface area contributed by atoms with Crippen LogP contribution in [0.2, 0.25) is 0 Å². The van der Waals surface area contributed by atoms with E-state index in [0.29, 0.717) is 11.5 Å². The molecule has 0 spiro atoms.